The Bertz CT molecular complexity index is 1440. The molecule has 0 aliphatic carbocycles. The van der Waals surface area contributed by atoms with Gasteiger partial charge in [-0.05, 0) is 48.7 Å². The number of nitrogens with zero attached hydrogens (tertiary/aromatic N) is 4. The van der Waals surface area contributed by atoms with Gasteiger partial charge in [0.1, 0.15) is 10.8 Å². The van der Waals surface area contributed by atoms with E-state index in [9.17, 15) is 0 Å². The van der Waals surface area contributed by atoms with Gasteiger partial charge in [0.2, 0.25) is 5.95 Å². The molecule has 0 unspecified atom stereocenters. The first-order valence-electron chi connectivity index (χ1n) is 11.1. The Morgan fingerprint density at radius 3 is 2.68 bits per heavy atom. The summed E-state index contributed by atoms with van der Waals surface area (Å²) in [6.45, 7) is 3.35. The standard InChI is InChI=1S/C24H24N8OS/c1-34-23-20-21(27-19-4-2-3-18-17(19)9-10-25-18)28-24(29-22(20)30-31-23)26-15-5-7-16(8-6-15)32-11-13-33-14-12-32/h2-10,25H,11-14H2,1H3,(H3,26,27,28,29,30,31). The van der Waals surface area contributed by atoms with Crippen LogP contribution in [0.25, 0.3) is 21.9 Å². The lowest BCUT2D eigenvalue weighted by Crippen LogP contribution is -2.36. The van der Waals surface area contributed by atoms with Crippen LogP contribution in [-0.4, -0.2) is 57.7 Å². The Hall–Kier alpha value is -3.76. The summed E-state index contributed by atoms with van der Waals surface area (Å²) in [6, 6.07) is 16.5. The molecule has 1 fully saturated rings. The zero-order chi connectivity index (χ0) is 22.9. The highest BCUT2D eigenvalue weighted by Gasteiger charge is 2.17. The number of hydrogen-bond acceptors (Lipinski definition) is 8. The number of aromatic amines is 2. The molecule has 34 heavy (non-hydrogen) atoms. The summed E-state index contributed by atoms with van der Waals surface area (Å²) < 4.78 is 5.45. The molecule has 9 nitrogen and oxygen atoms in total. The number of benzene rings is 2. The summed E-state index contributed by atoms with van der Waals surface area (Å²) in [6.07, 6.45) is 3.93. The van der Waals surface area contributed by atoms with Crippen molar-refractivity contribution >= 4 is 62.5 Å². The maximum absolute atomic E-state index is 5.45. The lowest BCUT2D eigenvalue weighted by atomic mass is 10.2. The highest BCUT2D eigenvalue weighted by Crippen LogP contribution is 2.34. The molecule has 2 aromatic carbocycles. The summed E-state index contributed by atoms with van der Waals surface area (Å²) in [5.74, 6) is 1.19. The molecule has 0 bridgehead atoms. The molecule has 4 N–H and O–H groups in total. The van der Waals surface area contributed by atoms with E-state index in [1.807, 2.05) is 36.7 Å². The highest BCUT2D eigenvalue weighted by molar-refractivity contribution is 7.98. The zero-order valence-corrected chi connectivity index (χ0v) is 19.4. The molecule has 5 aromatic rings. The van der Waals surface area contributed by atoms with Gasteiger partial charge in [0.25, 0.3) is 0 Å². The third-order valence-electron chi connectivity index (χ3n) is 5.93. The van der Waals surface area contributed by atoms with Crippen molar-refractivity contribution in [2.45, 2.75) is 5.03 Å². The predicted molar refractivity (Wildman–Crippen MR) is 138 cm³/mol. The van der Waals surface area contributed by atoms with Crippen molar-refractivity contribution in [3.8, 4) is 0 Å². The van der Waals surface area contributed by atoms with Crippen LogP contribution in [0.5, 0.6) is 0 Å². The van der Waals surface area contributed by atoms with E-state index in [0.29, 0.717) is 17.4 Å². The van der Waals surface area contributed by atoms with Crippen LogP contribution in [0.3, 0.4) is 0 Å². The average molecular weight is 473 g/mol. The first-order valence-corrected chi connectivity index (χ1v) is 12.3. The second-order valence-corrected chi connectivity index (χ2v) is 8.79. The maximum Gasteiger partial charge on any atom is 0.231 e. The van der Waals surface area contributed by atoms with Gasteiger partial charge >= 0.3 is 0 Å². The first-order chi connectivity index (χ1) is 16.8. The fourth-order valence-electron chi connectivity index (χ4n) is 4.23. The number of fused-ring (bicyclic) bond motifs is 2. The van der Waals surface area contributed by atoms with Gasteiger partial charge in [-0.3, -0.25) is 5.10 Å². The van der Waals surface area contributed by atoms with Crippen molar-refractivity contribution in [2.75, 3.05) is 48.1 Å². The van der Waals surface area contributed by atoms with Crippen molar-refractivity contribution in [3.05, 3.63) is 54.7 Å². The number of thioether (sulfide) groups is 1. The van der Waals surface area contributed by atoms with E-state index >= 15 is 0 Å². The number of ether oxygens (including phenoxy) is 1. The number of aromatic nitrogens is 5. The van der Waals surface area contributed by atoms with Crippen molar-refractivity contribution in [1.29, 1.82) is 0 Å². The molecular weight excluding hydrogens is 448 g/mol. The van der Waals surface area contributed by atoms with Crippen molar-refractivity contribution in [3.63, 3.8) is 0 Å². The number of hydrogen-bond donors (Lipinski definition) is 4. The molecule has 1 aliphatic heterocycles. The van der Waals surface area contributed by atoms with Crippen LogP contribution in [0, 0.1) is 0 Å². The van der Waals surface area contributed by atoms with E-state index in [1.165, 1.54) is 5.69 Å². The molecule has 0 radical (unpaired) electrons. The topological polar surface area (TPSA) is 107 Å². The molecule has 0 spiro atoms. The Kier molecular flexibility index (Phi) is 5.44. The second-order valence-electron chi connectivity index (χ2n) is 7.99. The molecule has 1 saturated heterocycles. The van der Waals surface area contributed by atoms with Gasteiger partial charge in [0.05, 0.1) is 18.6 Å². The van der Waals surface area contributed by atoms with Crippen molar-refractivity contribution in [2.24, 2.45) is 0 Å². The van der Waals surface area contributed by atoms with Gasteiger partial charge < -0.3 is 25.3 Å². The largest absolute Gasteiger partial charge is 0.378 e. The number of morpholine rings is 1. The van der Waals surface area contributed by atoms with Gasteiger partial charge in [0, 0.05) is 47.3 Å². The van der Waals surface area contributed by atoms with Gasteiger partial charge in [-0.15, -0.1) is 11.8 Å². The quantitative estimate of drug-likeness (QED) is 0.259. The average Bonchev–Trinajstić information content (AvgIpc) is 3.53. The molecule has 1 aliphatic rings. The van der Waals surface area contributed by atoms with Crippen LogP contribution in [-0.2, 0) is 4.74 Å². The minimum atomic E-state index is 0.492. The number of anilines is 5. The smallest absolute Gasteiger partial charge is 0.231 e. The lowest BCUT2D eigenvalue weighted by molar-refractivity contribution is 0.122. The molecule has 172 valence electrons. The summed E-state index contributed by atoms with van der Waals surface area (Å²) in [4.78, 5) is 15.1. The van der Waals surface area contributed by atoms with E-state index in [-0.39, 0.29) is 0 Å². The van der Waals surface area contributed by atoms with Gasteiger partial charge in [-0.25, -0.2) is 0 Å². The van der Waals surface area contributed by atoms with E-state index in [4.69, 9.17) is 9.72 Å². The summed E-state index contributed by atoms with van der Waals surface area (Å²) >= 11 is 1.56. The Labute approximate surface area is 200 Å². The molecule has 10 heteroatoms. The predicted octanol–water partition coefficient (Wildman–Crippen LogP) is 4.88. The fourth-order valence-corrected chi connectivity index (χ4v) is 4.76. The zero-order valence-electron chi connectivity index (χ0n) is 18.6. The fraction of sp³-hybridized carbons (Fsp3) is 0.208. The van der Waals surface area contributed by atoms with E-state index < -0.39 is 0 Å². The van der Waals surface area contributed by atoms with Crippen LogP contribution in [0.2, 0.25) is 0 Å². The van der Waals surface area contributed by atoms with E-state index in [0.717, 1.165) is 59.0 Å². The van der Waals surface area contributed by atoms with Crippen LogP contribution in [0.4, 0.5) is 28.8 Å². The third-order valence-corrected chi connectivity index (χ3v) is 6.61. The Morgan fingerprint density at radius 1 is 1.00 bits per heavy atom. The number of H-pyrrole nitrogens is 2. The van der Waals surface area contributed by atoms with Crippen LogP contribution >= 0.6 is 11.8 Å². The number of rotatable bonds is 6. The minimum Gasteiger partial charge on any atom is -0.378 e. The van der Waals surface area contributed by atoms with Crippen LogP contribution < -0.4 is 15.5 Å². The third kappa shape index (κ3) is 3.91. The SMILES string of the molecule is CSc1n[nH]c2nc(Nc3ccc(N4CCOCC4)cc3)nc(Nc3cccc4[nH]ccc34)c12. The lowest BCUT2D eigenvalue weighted by Gasteiger charge is -2.28. The minimum absolute atomic E-state index is 0.492. The second kappa shape index (κ2) is 8.88. The normalized spacial score (nSPS) is 14.1. The molecule has 3 aromatic heterocycles. The van der Waals surface area contributed by atoms with Crippen molar-refractivity contribution < 1.29 is 4.74 Å². The van der Waals surface area contributed by atoms with Crippen molar-refractivity contribution in [1.82, 2.24) is 25.1 Å². The van der Waals surface area contributed by atoms with Crippen LogP contribution in [0.1, 0.15) is 0 Å². The molecular formula is C24H24N8OS. The summed E-state index contributed by atoms with van der Waals surface area (Å²) in [5.41, 5.74) is 4.81. The van der Waals surface area contributed by atoms with Gasteiger partial charge in [0.15, 0.2) is 5.65 Å². The summed E-state index contributed by atoms with van der Waals surface area (Å²) in [7, 11) is 0. The molecule has 0 saturated carbocycles. The molecule has 0 atom stereocenters. The van der Waals surface area contributed by atoms with E-state index in [1.54, 1.807) is 11.8 Å². The molecule has 6 rings (SSSR count). The summed E-state index contributed by atoms with van der Waals surface area (Å²) in [5, 5.41) is 17.1. The maximum atomic E-state index is 5.45. The number of nitrogens with one attached hydrogen (secondary N) is 4. The van der Waals surface area contributed by atoms with Crippen LogP contribution in [0.15, 0.2) is 59.8 Å². The first kappa shape index (κ1) is 20.8. The van der Waals surface area contributed by atoms with Gasteiger partial charge in [-0.2, -0.15) is 15.1 Å². The Balaban J connectivity index is 1.33. The van der Waals surface area contributed by atoms with Gasteiger partial charge in [-0.1, -0.05) is 6.07 Å². The highest BCUT2D eigenvalue weighted by atomic mass is 32.2. The Morgan fingerprint density at radius 2 is 1.85 bits per heavy atom. The molecule has 4 heterocycles. The van der Waals surface area contributed by atoms with E-state index in [2.05, 4.69) is 60.0 Å². The monoisotopic (exact) mass is 472 g/mol. The molecule has 0 amide bonds.